The predicted octanol–water partition coefficient (Wildman–Crippen LogP) is 3.39. The molecule has 0 spiro atoms. The molecule has 0 aliphatic heterocycles. The number of aromatic nitrogens is 1. The molecule has 27 heavy (non-hydrogen) atoms. The van der Waals surface area contributed by atoms with Gasteiger partial charge in [0.05, 0.1) is 12.0 Å². The number of rotatable bonds is 7. The average Bonchev–Trinajstić information content (AvgIpc) is 2.73. The maximum atomic E-state index is 12.1. The standard InChI is InChI=1S/C22H20N4O/c23-16-20-7-4-12-25-22(20)26-14-13-24-21(27)15-17-8-10-19(11-9-17)18-5-2-1-3-6-18/h1-12H,13-15H2,(H,24,27)(H,25,26). The number of carbonyl (C=O) groups is 1. The summed E-state index contributed by atoms with van der Waals surface area (Å²) in [7, 11) is 0. The number of carbonyl (C=O) groups excluding carboxylic acids is 1. The van der Waals surface area contributed by atoms with E-state index in [2.05, 4.69) is 33.8 Å². The Morgan fingerprint density at radius 1 is 0.926 bits per heavy atom. The maximum absolute atomic E-state index is 12.1. The van der Waals surface area contributed by atoms with E-state index in [4.69, 9.17) is 5.26 Å². The van der Waals surface area contributed by atoms with E-state index in [-0.39, 0.29) is 5.91 Å². The summed E-state index contributed by atoms with van der Waals surface area (Å²) in [5.41, 5.74) is 3.75. The van der Waals surface area contributed by atoms with Gasteiger partial charge in [0.25, 0.3) is 0 Å². The molecule has 2 N–H and O–H groups in total. The van der Waals surface area contributed by atoms with Gasteiger partial charge in [-0.3, -0.25) is 4.79 Å². The minimum Gasteiger partial charge on any atom is -0.367 e. The Labute approximate surface area is 158 Å². The van der Waals surface area contributed by atoms with Crippen molar-refractivity contribution >= 4 is 11.7 Å². The van der Waals surface area contributed by atoms with Gasteiger partial charge in [-0.15, -0.1) is 0 Å². The molecule has 0 aliphatic carbocycles. The van der Waals surface area contributed by atoms with Crippen LogP contribution in [-0.2, 0) is 11.2 Å². The molecule has 1 amide bonds. The van der Waals surface area contributed by atoms with Crippen molar-refractivity contribution in [2.24, 2.45) is 0 Å². The first-order valence-electron chi connectivity index (χ1n) is 8.76. The molecule has 1 aromatic heterocycles. The number of pyridine rings is 1. The predicted molar refractivity (Wildman–Crippen MR) is 106 cm³/mol. The molecule has 3 rings (SSSR count). The number of anilines is 1. The molecule has 0 unspecified atom stereocenters. The molecule has 5 nitrogen and oxygen atoms in total. The van der Waals surface area contributed by atoms with E-state index >= 15 is 0 Å². The Morgan fingerprint density at radius 2 is 1.67 bits per heavy atom. The van der Waals surface area contributed by atoms with Crippen molar-refractivity contribution in [2.45, 2.75) is 6.42 Å². The van der Waals surface area contributed by atoms with Crippen LogP contribution in [0.25, 0.3) is 11.1 Å². The number of nitrogens with one attached hydrogen (secondary N) is 2. The molecule has 0 atom stereocenters. The number of hydrogen-bond donors (Lipinski definition) is 2. The first-order valence-corrected chi connectivity index (χ1v) is 8.76. The molecular weight excluding hydrogens is 336 g/mol. The van der Waals surface area contributed by atoms with Gasteiger partial charge in [-0.25, -0.2) is 4.98 Å². The van der Waals surface area contributed by atoms with Gasteiger partial charge in [-0.1, -0.05) is 54.6 Å². The first kappa shape index (κ1) is 18.2. The zero-order valence-corrected chi connectivity index (χ0v) is 14.9. The Kier molecular flexibility index (Phi) is 6.16. The van der Waals surface area contributed by atoms with Crippen LogP contribution in [0.1, 0.15) is 11.1 Å². The fourth-order valence-electron chi connectivity index (χ4n) is 2.71. The van der Waals surface area contributed by atoms with Crippen LogP contribution in [0.3, 0.4) is 0 Å². The van der Waals surface area contributed by atoms with E-state index in [1.165, 1.54) is 0 Å². The third-order valence-electron chi connectivity index (χ3n) is 4.09. The smallest absolute Gasteiger partial charge is 0.224 e. The van der Waals surface area contributed by atoms with Gasteiger partial charge in [-0.2, -0.15) is 5.26 Å². The molecule has 1 heterocycles. The molecule has 134 valence electrons. The molecule has 5 heteroatoms. The van der Waals surface area contributed by atoms with Gasteiger partial charge in [-0.05, 0) is 28.8 Å². The van der Waals surface area contributed by atoms with Crippen molar-refractivity contribution in [2.75, 3.05) is 18.4 Å². The van der Waals surface area contributed by atoms with Gasteiger partial charge < -0.3 is 10.6 Å². The van der Waals surface area contributed by atoms with Crippen molar-refractivity contribution in [1.29, 1.82) is 5.26 Å². The van der Waals surface area contributed by atoms with Crippen molar-refractivity contribution in [3.8, 4) is 17.2 Å². The number of nitriles is 1. The highest BCUT2D eigenvalue weighted by atomic mass is 16.1. The van der Waals surface area contributed by atoms with Gasteiger partial charge in [0.2, 0.25) is 5.91 Å². The summed E-state index contributed by atoms with van der Waals surface area (Å²) in [4.78, 5) is 16.2. The second-order valence-corrected chi connectivity index (χ2v) is 6.03. The first-order chi connectivity index (χ1) is 13.3. The topological polar surface area (TPSA) is 77.8 Å². The molecule has 0 fully saturated rings. The van der Waals surface area contributed by atoms with E-state index in [9.17, 15) is 4.79 Å². The molecule has 0 radical (unpaired) electrons. The highest BCUT2D eigenvalue weighted by molar-refractivity contribution is 5.79. The van der Waals surface area contributed by atoms with Gasteiger partial charge >= 0.3 is 0 Å². The number of benzene rings is 2. The number of amides is 1. The summed E-state index contributed by atoms with van der Waals surface area (Å²) in [6.07, 6.45) is 1.96. The van der Waals surface area contributed by atoms with E-state index in [0.29, 0.717) is 30.9 Å². The largest absolute Gasteiger partial charge is 0.367 e. The minimum atomic E-state index is -0.0363. The van der Waals surface area contributed by atoms with Crippen LogP contribution >= 0.6 is 0 Å². The van der Waals surface area contributed by atoms with Crippen LogP contribution in [0.15, 0.2) is 72.9 Å². The lowest BCUT2D eigenvalue weighted by Gasteiger charge is -2.09. The molecule has 3 aromatic rings. The molecule has 0 aliphatic rings. The fraction of sp³-hybridized carbons (Fsp3) is 0.136. The number of hydrogen-bond acceptors (Lipinski definition) is 4. The lowest BCUT2D eigenvalue weighted by molar-refractivity contribution is -0.120. The fourth-order valence-corrected chi connectivity index (χ4v) is 2.71. The highest BCUT2D eigenvalue weighted by Crippen LogP contribution is 2.19. The van der Waals surface area contributed by atoms with Crippen molar-refractivity contribution in [3.63, 3.8) is 0 Å². The van der Waals surface area contributed by atoms with Crippen molar-refractivity contribution in [1.82, 2.24) is 10.3 Å². The third-order valence-corrected chi connectivity index (χ3v) is 4.09. The van der Waals surface area contributed by atoms with E-state index in [1.54, 1.807) is 18.3 Å². The van der Waals surface area contributed by atoms with Gasteiger partial charge in [0, 0.05) is 19.3 Å². The summed E-state index contributed by atoms with van der Waals surface area (Å²) in [5.74, 6) is 0.497. The lowest BCUT2D eigenvalue weighted by Crippen LogP contribution is -2.30. The Morgan fingerprint density at radius 3 is 2.41 bits per heavy atom. The summed E-state index contributed by atoms with van der Waals surface area (Å²) < 4.78 is 0. The normalized spacial score (nSPS) is 10.0. The van der Waals surface area contributed by atoms with E-state index < -0.39 is 0 Å². The second kappa shape index (κ2) is 9.16. The molecule has 2 aromatic carbocycles. The molecular formula is C22H20N4O. The molecule has 0 bridgehead atoms. The summed E-state index contributed by atoms with van der Waals surface area (Å²) in [6, 6.07) is 23.7. The SMILES string of the molecule is N#Cc1cccnc1NCCNC(=O)Cc1ccc(-c2ccccc2)cc1. The van der Waals surface area contributed by atoms with Gasteiger partial charge in [0.1, 0.15) is 11.9 Å². The van der Waals surface area contributed by atoms with Crippen LogP contribution in [0.2, 0.25) is 0 Å². The zero-order chi connectivity index (χ0) is 18.9. The average molecular weight is 356 g/mol. The highest BCUT2D eigenvalue weighted by Gasteiger charge is 2.05. The molecule has 0 saturated heterocycles. The summed E-state index contributed by atoms with van der Waals surface area (Å²) >= 11 is 0. The van der Waals surface area contributed by atoms with Crippen LogP contribution < -0.4 is 10.6 Å². The third kappa shape index (κ3) is 5.16. The monoisotopic (exact) mass is 356 g/mol. The quantitative estimate of drug-likeness (QED) is 0.636. The van der Waals surface area contributed by atoms with Crippen LogP contribution in [0.5, 0.6) is 0 Å². The van der Waals surface area contributed by atoms with Gasteiger partial charge in [0.15, 0.2) is 0 Å². The minimum absolute atomic E-state index is 0.0363. The van der Waals surface area contributed by atoms with Crippen LogP contribution in [0, 0.1) is 11.3 Å². The van der Waals surface area contributed by atoms with E-state index in [0.717, 1.165) is 16.7 Å². The maximum Gasteiger partial charge on any atom is 0.224 e. The van der Waals surface area contributed by atoms with Crippen LogP contribution in [0.4, 0.5) is 5.82 Å². The lowest BCUT2D eigenvalue weighted by atomic mass is 10.0. The summed E-state index contributed by atoms with van der Waals surface area (Å²) in [6.45, 7) is 0.965. The zero-order valence-electron chi connectivity index (χ0n) is 14.9. The van der Waals surface area contributed by atoms with Crippen molar-refractivity contribution in [3.05, 3.63) is 84.1 Å². The Hall–Kier alpha value is -3.65. The summed E-state index contributed by atoms with van der Waals surface area (Å²) in [5, 5.41) is 15.0. The van der Waals surface area contributed by atoms with E-state index in [1.807, 2.05) is 42.5 Å². The van der Waals surface area contributed by atoms with Crippen molar-refractivity contribution < 1.29 is 4.79 Å². The second-order valence-electron chi connectivity index (χ2n) is 6.03. The van der Waals surface area contributed by atoms with Crippen LogP contribution in [-0.4, -0.2) is 24.0 Å². The number of nitrogens with zero attached hydrogens (tertiary/aromatic N) is 2. The molecule has 0 saturated carbocycles. The Balaban J connectivity index is 1.45. The Bertz CT molecular complexity index is 931.